The number of methoxy groups -OCH3 is 1. The number of carbonyl (C=O) groups excluding carboxylic acids is 1. The highest BCUT2D eigenvalue weighted by molar-refractivity contribution is 8.13. The first-order chi connectivity index (χ1) is 7.19. The van der Waals surface area contributed by atoms with Crippen molar-refractivity contribution in [1.29, 1.82) is 0 Å². The van der Waals surface area contributed by atoms with Crippen LogP contribution in [0.5, 0.6) is 0 Å². The highest BCUT2D eigenvalue weighted by atomic mass is 32.2. The SMILES string of the molecule is COCCSC(=O)C(C)(C)CCC(C)(C)C. The summed E-state index contributed by atoms with van der Waals surface area (Å²) in [6, 6.07) is 0. The minimum atomic E-state index is -0.217. The lowest BCUT2D eigenvalue weighted by Gasteiger charge is -2.27. The lowest BCUT2D eigenvalue weighted by Crippen LogP contribution is -2.24. The van der Waals surface area contributed by atoms with Crippen LogP contribution in [0.1, 0.15) is 47.5 Å². The fourth-order valence-corrected chi connectivity index (χ4v) is 2.13. The molecule has 0 rings (SSSR count). The van der Waals surface area contributed by atoms with Gasteiger partial charge in [-0.05, 0) is 18.3 Å². The van der Waals surface area contributed by atoms with Crippen LogP contribution in [0.15, 0.2) is 0 Å². The van der Waals surface area contributed by atoms with Gasteiger partial charge in [-0.3, -0.25) is 4.79 Å². The largest absolute Gasteiger partial charge is 0.384 e. The molecule has 0 spiro atoms. The van der Waals surface area contributed by atoms with Crippen LogP contribution < -0.4 is 0 Å². The maximum absolute atomic E-state index is 12.0. The Labute approximate surface area is 105 Å². The van der Waals surface area contributed by atoms with E-state index in [9.17, 15) is 4.79 Å². The van der Waals surface area contributed by atoms with Gasteiger partial charge in [0.25, 0.3) is 0 Å². The molecular formula is C13H26O2S. The van der Waals surface area contributed by atoms with Crippen molar-refractivity contribution in [2.75, 3.05) is 19.5 Å². The third-order valence-corrected chi connectivity index (χ3v) is 3.76. The first-order valence-corrected chi connectivity index (χ1v) is 6.84. The molecule has 0 saturated heterocycles. The molecule has 0 amide bonds. The zero-order valence-electron chi connectivity index (χ0n) is 11.6. The van der Waals surface area contributed by atoms with Gasteiger partial charge in [-0.25, -0.2) is 0 Å². The predicted molar refractivity (Wildman–Crippen MR) is 71.8 cm³/mol. The topological polar surface area (TPSA) is 26.3 Å². The van der Waals surface area contributed by atoms with Crippen molar-refractivity contribution in [3.63, 3.8) is 0 Å². The smallest absolute Gasteiger partial charge is 0.194 e. The zero-order valence-corrected chi connectivity index (χ0v) is 12.4. The fraction of sp³-hybridized carbons (Fsp3) is 0.923. The molecule has 0 aliphatic heterocycles. The summed E-state index contributed by atoms with van der Waals surface area (Å²) >= 11 is 1.39. The average Bonchev–Trinajstić information content (AvgIpc) is 2.14. The quantitative estimate of drug-likeness (QED) is 0.668. The molecule has 0 aromatic rings. The van der Waals surface area contributed by atoms with Crippen LogP contribution in [0.4, 0.5) is 0 Å². The van der Waals surface area contributed by atoms with E-state index in [2.05, 4.69) is 20.8 Å². The van der Waals surface area contributed by atoms with Crippen molar-refractivity contribution < 1.29 is 9.53 Å². The summed E-state index contributed by atoms with van der Waals surface area (Å²) in [5.41, 5.74) is 0.0838. The number of thioether (sulfide) groups is 1. The number of hydrogen-bond acceptors (Lipinski definition) is 3. The molecule has 0 saturated carbocycles. The Morgan fingerprint density at radius 2 is 1.69 bits per heavy atom. The van der Waals surface area contributed by atoms with Crippen LogP contribution in [-0.4, -0.2) is 24.6 Å². The molecule has 96 valence electrons. The summed E-state index contributed by atoms with van der Waals surface area (Å²) in [6.07, 6.45) is 2.03. The van der Waals surface area contributed by atoms with Crippen molar-refractivity contribution in [3.05, 3.63) is 0 Å². The minimum Gasteiger partial charge on any atom is -0.384 e. The van der Waals surface area contributed by atoms with Gasteiger partial charge in [-0.1, -0.05) is 46.4 Å². The Kier molecular flexibility index (Phi) is 6.64. The third kappa shape index (κ3) is 7.29. The maximum Gasteiger partial charge on any atom is 0.194 e. The van der Waals surface area contributed by atoms with Crippen molar-refractivity contribution in [2.24, 2.45) is 10.8 Å². The third-order valence-electron chi connectivity index (χ3n) is 2.57. The molecule has 0 atom stereocenters. The molecule has 0 aliphatic rings. The number of hydrogen-bond donors (Lipinski definition) is 0. The Bertz CT molecular complexity index is 216. The first kappa shape index (κ1) is 16.0. The molecule has 0 bridgehead atoms. The van der Waals surface area contributed by atoms with Crippen molar-refractivity contribution >= 4 is 16.9 Å². The van der Waals surface area contributed by atoms with E-state index in [1.807, 2.05) is 13.8 Å². The van der Waals surface area contributed by atoms with Gasteiger partial charge in [0.15, 0.2) is 5.12 Å². The van der Waals surface area contributed by atoms with Gasteiger partial charge in [0.1, 0.15) is 0 Å². The van der Waals surface area contributed by atoms with Crippen LogP contribution in [0.25, 0.3) is 0 Å². The van der Waals surface area contributed by atoms with Gasteiger partial charge in [-0.15, -0.1) is 0 Å². The van der Waals surface area contributed by atoms with E-state index in [4.69, 9.17) is 4.74 Å². The summed E-state index contributed by atoms with van der Waals surface area (Å²) in [5, 5.41) is 0.286. The molecular weight excluding hydrogens is 220 g/mol. The van der Waals surface area contributed by atoms with Crippen molar-refractivity contribution in [1.82, 2.24) is 0 Å². The maximum atomic E-state index is 12.0. The standard InChI is InChI=1S/C13H26O2S/c1-12(2,3)7-8-13(4,5)11(14)16-10-9-15-6/h7-10H2,1-6H3. The Balaban J connectivity index is 4.05. The predicted octanol–water partition coefficient (Wildman–Crippen LogP) is 3.75. The minimum absolute atomic E-state index is 0.217. The Morgan fingerprint density at radius 1 is 1.12 bits per heavy atom. The van der Waals surface area contributed by atoms with E-state index in [0.717, 1.165) is 18.6 Å². The molecule has 0 radical (unpaired) electrons. The summed E-state index contributed by atoms with van der Waals surface area (Å²) in [5.74, 6) is 0.758. The van der Waals surface area contributed by atoms with E-state index in [0.29, 0.717) is 12.0 Å². The fourth-order valence-electron chi connectivity index (χ4n) is 1.20. The van der Waals surface area contributed by atoms with Gasteiger partial charge in [0.05, 0.1) is 6.61 Å². The second kappa shape index (κ2) is 6.65. The van der Waals surface area contributed by atoms with E-state index >= 15 is 0 Å². The average molecular weight is 246 g/mol. The molecule has 3 heteroatoms. The molecule has 0 aliphatic carbocycles. The molecule has 16 heavy (non-hydrogen) atoms. The molecule has 0 fully saturated rings. The van der Waals surface area contributed by atoms with Gasteiger partial charge in [-0.2, -0.15) is 0 Å². The van der Waals surface area contributed by atoms with E-state index in [1.54, 1.807) is 7.11 Å². The normalized spacial score (nSPS) is 12.9. The number of ether oxygens (including phenoxy) is 1. The van der Waals surface area contributed by atoms with E-state index in [-0.39, 0.29) is 10.5 Å². The van der Waals surface area contributed by atoms with Crippen LogP contribution in [0.3, 0.4) is 0 Å². The molecule has 0 unspecified atom stereocenters. The van der Waals surface area contributed by atoms with Crippen molar-refractivity contribution in [2.45, 2.75) is 47.5 Å². The van der Waals surface area contributed by atoms with Gasteiger partial charge < -0.3 is 4.74 Å². The van der Waals surface area contributed by atoms with Crippen LogP contribution in [-0.2, 0) is 9.53 Å². The molecule has 0 aromatic carbocycles. The Morgan fingerprint density at radius 3 is 2.12 bits per heavy atom. The number of rotatable bonds is 6. The zero-order chi connectivity index (χ0) is 12.8. The second-order valence-electron chi connectivity index (χ2n) is 6.07. The highest BCUT2D eigenvalue weighted by Gasteiger charge is 2.29. The summed E-state index contributed by atoms with van der Waals surface area (Å²) in [7, 11) is 1.66. The summed E-state index contributed by atoms with van der Waals surface area (Å²) in [4.78, 5) is 12.0. The molecule has 0 heterocycles. The summed E-state index contributed by atoms with van der Waals surface area (Å²) < 4.78 is 4.95. The highest BCUT2D eigenvalue weighted by Crippen LogP contribution is 2.33. The van der Waals surface area contributed by atoms with E-state index < -0.39 is 0 Å². The molecule has 0 aromatic heterocycles. The van der Waals surface area contributed by atoms with Crippen LogP contribution >= 0.6 is 11.8 Å². The van der Waals surface area contributed by atoms with Crippen LogP contribution in [0, 0.1) is 10.8 Å². The van der Waals surface area contributed by atoms with Crippen molar-refractivity contribution in [3.8, 4) is 0 Å². The van der Waals surface area contributed by atoms with Crippen LogP contribution in [0.2, 0.25) is 0 Å². The monoisotopic (exact) mass is 246 g/mol. The molecule has 0 N–H and O–H groups in total. The van der Waals surface area contributed by atoms with E-state index in [1.165, 1.54) is 11.8 Å². The molecule has 2 nitrogen and oxygen atoms in total. The summed E-state index contributed by atoms with van der Waals surface area (Å²) in [6.45, 7) is 11.4. The lowest BCUT2D eigenvalue weighted by molar-refractivity contribution is -0.118. The second-order valence-corrected chi connectivity index (χ2v) is 7.14. The lowest BCUT2D eigenvalue weighted by atomic mass is 9.81. The Hall–Kier alpha value is -0.0200. The van der Waals surface area contributed by atoms with Gasteiger partial charge in [0, 0.05) is 18.3 Å². The number of carbonyl (C=O) groups is 1. The van der Waals surface area contributed by atoms with Gasteiger partial charge >= 0.3 is 0 Å². The first-order valence-electron chi connectivity index (χ1n) is 5.85. The van der Waals surface area contributed by atoms with Gasteiger partial charge in [0.2, 0.25) is 0 Å².